The zero-order valence-electron chi connectivity index (χ0n) is 11.4. The zero-order valence-corrected chi connectivity index (χ0v) is 13.7. The summed E-state index contributed by atoms with van der Waals surface area (Å²) < 4.78 is 4.72. The second kappa shape index (κ2) is 7.29. The summed E-state index contributed by atoms with van der Waals surface area (Å²) in [7, 11) is 1.41. The predicted octanol–water partition coefficient (Wildman–Crippen LogP) is 2.40. The number of alkyl halides is 1. The van der Waals surface area contributed by atoms with E-state index in [1.807, 2.05) is 24.3 Å². The molecule has 4 nitrogen and oxygen atoms in total. The van der Waals surface area contributed by atoms with Crippen molar-refractivity contribution in [1.82, 2.24) is 4.90 Å². The SMILES string of the molecule is COC(=O)C(Br)CN1CCN(c2ccc(Cl)cc2)CC1. The Labute approximate surface area is 132 Å². The monoisotopic (exact) mass is 360 g/mol. The molecule has 1 aromatic rings. The molecule has 0 aliphatic carbocycles. The van der Waals surface area contributed by atoms with Crippen molar-refractivity contribution in [3.8, 4) is 0 Å². The van der Waals surface area contributed by atoms with Gasteiger partial charge in [-0.1, -0.05) is 27.5 Å². The van der Waals surface area contributed by atoms with Gasteiger partial charge in [-0.2, -0.15) is 0 Å². The summed E-state index contributed by atoms with van der Waals surface area (Å²) >= 11 is 9.26. The molecule has 2 rings (SSSR count). The van der Waals surface area contributed by atoms with Crippen LogP contribution in [-0.2, 0) is 9.53 Å². The molecule has 1 unspecified atom stereocenters. The molecule has 0 aromatic heterocycles. The number of hydrogen-bond donors (Lipinski definition) is 0. The summed E-state index contributed by atoms with van der Waals surface area (Å²) in [4.78, 5) is 15.7. The van der Waals surface area contributed by atoms with Gasteiger partial charge in [-0.15, -0.1) is 0 Å². The Hall–Kier alpha value is -0.780. The molecular formula is C14H18BrClN2O2. The molecule has 6 heteroatoms. The molecule has 1 aliphatic heterocycles. The van der Waals surface area contributed by atoms with E-state index in [0.29, 0.717) is 6.54 Å². The van der Waals surface area contributed by atoms with Crippen molar-refractivity contribution >= 4 is 39.2 Å². The van der Waals surface area contributed by atoms with Gasteiger partial charge in [-0.25, -0.2) is 0 Å². The zero-order chi connectivity index (χ0) is 14.5. The third-order valence-electron chi connectivity index (χ3n) is 3.44. The molecule has 1 saturated heterocycles. The Morgan fingerprint density at radius 3 is 2.45 bits per heavy atom. The second-order valence-corrected chi connectivity index (χ2v) is 6.30. The van der Waals surface area contributed by atoms with Gasteiger partial charge in [0.15, 0.2) is 0 Å². The topological polar surface area (TPSA) is 32.8 Å². The summed E-state index contributed by atoms with van der Waals surface area (Å²) in [6.07, 6.45) is 0. The molecule has 0 N–H and O–H groups in total. The summed E-state index contributed by atoms with van der Waals surface area (Å²) in [5.74, 6) is -0.217. The number of carbonyl (C=O) groups excluding carboxylic acids is 1. The van der Waals surface area contributed by atoms with Crippen LogP contribution in [0.3, 0.4) is 0 Å². The van der Waals surface area contributed by atoms with Gasteiger partial charge in [0.05, 0.1) is 7.11 Å². The average molecular weight is 362 g/mol. The van der Waals surface area contributed by atoms with E-state index in [-0.39, 0.29) is 10.8 Å². The number of esters is 1. The van der Waals surface area contributed by atoms with E-state index < -0.39 is 0 Å². The van der Waals surface area contributed by atoms with Crippen molar-refractivity contribution in [3.05, 3.63) is 29.3 Å². The van der Waals surface area contributed by atoms with Gasteiger partial charge in [0.1, 0.15) is 4.83 Å². The number of rotatable bonds is 4. The van der Waals surface area contributed by atoms with Gasteiger partial charge >= 0.3 is 5.97 Å². The molecule has 0 bridgehead atoms. The van der Waals surface area contributed by atoms with E-state index in [9.17, 15) is 4.79 Å². The minimum atomic E-state index is -0.255. The molecule has 1 fully saturated rings. The van der Waals surface area contributed by atoms with E-state index in [4.69, 9.17) is 16.3 Å². The summed E-state index contributed by atoms with van der Waals surface area (Å²) in [5, 5.41) is 0.757. The lowest BCUT2D eigenvalue weighted by molar-refractivity contribution is -0.140. The van der Waals surface area contributed by atoms with E-state index in [2.05, 4.69) is 25.7 Å². The van der Waals surface area contributed by atoms with Crippen LogP contribution in [0.25, 0.3) is 0 Å². The predicted molar refractivity (Wildman–Crippen MR) is 84.8 cm³/mol. The molecule has 1 heterocycles. The standard InChI is InChI=1S/C14H18BrClN2O2/c1-20-14(19)13(15)10-17-6-8-18(9-7-17)12-4-2-11(16)3-5-12/h2-5,13H,6-10H2,1H3. The van der Waals surface area contributed by atoms with Crippen LogP contribution in [0.15, 0.2) is 24.3 Å². The van der Waals surface area contributed by atoms with Crippen molar-refractivity contribution in [2.75, 3.05) is 44.7 Å². The van der Waals surface area contributed by atoms with Crippen molar-refractivity contribution in [3.63, 3.8) is 0 Å². The highest BCUT2D eigenvalue weighted by Crippen LogP contribution is 2.19. The summed E-state index contributed by atoms with van der Waals surface area (Å²) in [5.41, 5.74) is 1.19. The number of nitrogens with zero attached hydrogens (tertiary/aromatic N) is 2. The minimum Gasteiger partial charge on any atom is -0.468 e. The lowest BCUT2D eigenvalue weighted by Gasteiger charge is -2.36. The molecule has 0 amide bonds. The van der Waals surface area contributed by atoms with Crippen LogP contribution in [0, 0.1) is 0 Å². The van der Waals surface area contributed by atoms with Gasteiger partial charge < -0.3 is 9.64 Å². The van der Waals surface area contributed by atoms with Crippen LogP contribution < -0.4 is 4.90 Å². The summed E-state index contributed by atoms with van der Waals surface area (Å²) in [6, 6.07) is 7.91. The fourth-order valence-corrected chi connectivity index (χ4v) is 2.99. The van der Waals surface area contributed by atoms with Gasteiger partial charge in [0.2, 0.25) is 0 Å². The largest absolute Gasteiger partial charge is 0.468 e. The Morgan fingerprint density at radius 1 is 1.30 bits per heavy atom. The van der Waals surface area contributed by atoms with Crippen LogP contribution in [0.4, 0.5) is 5.69 Å². The van der Waals surface area contributed by atoms with Gasteiger partial charge in [0.25, 0.3) is 0 Å². The lowest BCUT2D eigenvalue weighted by atomic mass is 10.2. The molecule has 110 valence electrons. The number of halogens is 2. The van der Waals surface area contributed by atoms with Crippen molar-refractivity contribution < 1.29 is 9.53 Å². The highest BCUT2D eigenvalue weighted by molar-refractivity contribution is 9.10. The number of hydrogen-bond acceptors (Lipinski definition) is 4. The molecule has 0 saturated carbocycles. The number of piperazine rings is 1. The second-order valence-electron chi connectivity index (χ2n) is 4.75. The third kappa shape index (κ3) is 4.11. The molecule has 0 spiro atoms. The Bertz CT molecular complexity index is 447. The smallest absolute Gasteiger partial charge is 0.320 e. The third-order valence-corrected chi connectivity index (χ3v) is 4.35. The minimum absolute atomic E-state index is 0.217. The van der Waals surface area contributed by atoms with Gasteiger partial charge in [-0.05, 0) is 24.3 Å². The van der Waals surface area contributed by atoms with Crippen LogP contribution in [0.5, 0.6) is 0 Å². The first-order valence-corrected chi connectivity index (χ1v) is 7.84. The first-order valence-electron chi connectivity index (χ1n) is 6.55. The Kier molecular flexibility index (Phi) is 5.69. The Morgan fingerprint density at radius 2 is 1.90 bits per heavy atom. The maximum absolute atomic E-state index is 11.4. The van der Waals surface area contributed by atoms with E-state index in [1.165, 1.54) is 12.8 Å². The molecular weight excluding hydrogens is 344 g/mol. The van der Waals surface area contributed by atoms with E-state index >= 15 is 0 Å². The van der Waals surface area contributed by atoms with Crippen LogP contribution in [0.2, 0.25) is 5.02 Å². The van der Waals surface area contributed by atoms with E-state index in [0.717, 1.165) is 31.2 Å². The fraction of sp³-hybridized carbons (Fsp3) is 0.500. The molecule has 0 radical (unpaired) electrons. The van der Waals surface area contributed by atoms with Gasteiger partial charge in [0, 0.05) is 43.4 Å². The maximum Gasteiger partial charge on any atom is 0.320 e. The number of benzene rings is 1. The molecule has 1 aliphatic rings. The highest BCUT2D eigenvalue weighted by Gasteiger charge is 2.23. The van der Waals surface area contributed by atoms with Gasteiger partial charge in [-0.3, -0.25) is 9.69 Å². The fourth-order valence-electron chi connectivity index (χ4n) is 2.27. The van der Waals surface area contributed by atoms with E-state index in [1.54, 1.807) is 0 Å². The number of anilines is 1. The highest BCUT2D eigenvalue weighted by atomic mass is 79.9. The first kappa shape index (κ1) is 15.6. The summed E-state index contributed by atoms with van der Waals surface area (Å²) in [6.45, 7) is 4.44. The van der Waals surface area contributed by atoms with Crippen molar-refractivity contribution in [2.45, 2.75) is 4.83 Å². The molecule has 20 heavy (non-hydrogen) atoms. The number of ether oxygens (including phenoxy) is 1. The lowest BCUT2D eigenvalue weighted by Crippen LogP contribution is -2.48. The Balaban J connectivity index is 1.83. The van der Waals surface area contributed by atoms with Crippen LogP contribution in [-0.4, -0.2) is 55.5 Å². The maximum atomic E-state index is 11.4. The normalized spacial score (nSPS) is 17.9. The van der Waals surface area contributed by atoms with Crippen molar-refractivity contribution in [2.24, 2.45) is 0 Å². The van der Waals surface area contributed by atoms with Crippen molar-refractivity contribution in [1.29, 1.82) is 0 Å². The molecule has 1 atom stereocenters. The molecule has 1 aromatic carbocycles. The van der Waals surface area contributed by atoms with Crippen LogP contribution >= 0.6 is 27.5 Å². The first-order chi connectivity index (χ1) is 9.60. The number of carbonyl (C=O) groups is 1. The number of methoxy groups -OCH3 is 1. The average Bonchev–Trinajstić information content (AvgIpc) is 2.48. The quantitative estimate of drug-likeness (QED) is 0.609. The van der Waals surface area contributed by atoms with Crippen LogP contribution in [0.1, 0.15) is 0 Å².